The maximum Gasteiger partial charge on any atom is 0.307 e. The van der Waals surface area contributed by atoms with Crippen molar-refractivity contribution in [1.82, 2.24) is 0 Å². The summed E-state index contributed by atoms with van der Waals surface area (Å²) in [4.78, 5) is 10.9. The van der Waals surface area contributed by atoms with Gasteiger partial charge in [-0.2, -0.15) is 0 Å². The maximum absolute atomic E-state index is 12.3. The first-order valence-corrected chi connectivity index (χ1v) is 8.65. The molecule has 4 nitrogen and oxygen atoms in total. The monoisotopic (exact) mass is 288 g/mol. The van der Waals surface area contributed by atoms with Crippen LogP contribution in [0.1, 0.15) is 51.9 Å². The second-order valence-electron chi connectivity index (χ2n) is 5.99. The van der Waals surface area contributed by atoms with E-state index in [2.05, 4.69) is 0 Å². The van der Waals surface area contributed by atoms with Crippen molar-refractivity contribution >= 4 is 16.8 Å². The van der Waals surface area contributed by atoms with E-state index in [0.717, 1.165) is 25.7 Å². The lowest BCUT2D eigenvalue weighted by molar-refractivity contribution is -0.140. The molecule has 0 aromatic heterocycles. The van der Waals surface area contributed by atoms with Gasteiger partial charge < -0.3 is 9.84 Å². The van der Waals surface area contributed by atoms with Crippen molar-refractivity contribution in [2.75, 3.05) is 12.4 Å². The first-order chi connectivity index (χ1) is 9.02. The minimum atomic E-state index is -1.05. The van der Waals surface area contributed by atoms with Crippen LogP contribution in [0.4, 0.5) is 0 Å². The van der Waals surface area contributed by atoms with Crippen LogP contribution in [0.25, 0.3) is 0 Å². The van der Waals surface area contributed by atoms with Crippen molar-refractivity contribution in [2.24, 2.45) is 5.92 Å². The average Bonchev–Trinajstić information content (AvgIpc) is 2.39. The van der Waals surface area contributed by atoms with E-state index >= 15 is 0 Å². The number of ether oxygens (including phenoxy) is 1. The minimum Gasteiger partial charge on any atom is -0.481 e. The number of carboxylic acid groups (broad SMARTS) is 1. The van der Waals surface area contributed by atoms with Crippen molar-refractivity contribution in [2.45, 2.75) is 62.7 Å². The number of hydrogen-bond acceptors (Lipinski definition) is 3. The molecule has 19 heavy (non-hydrogen) atoms. The zero-order chi connectivity index (χ0) is 13.9. The first-order valence-electron chi connectivity index (χ1n) is 7.26. The lowest BCUT2D eigenvalue weighted by Crippen LogP contribution is -2.45. The molecule has 3 atom stereocenters. The third-order valence-electron chi connectivity index (χ3n) is 4.42. The van der Waals surface area contributed by atoms with E-state index in [9.17, 15) is 9.00 Å². The molecule has 2 aliphatic rings. The molecule has 0 aromatic carbocycles. The van der Waals surface area contributed by atoms with E-state index in [0.29, 0.717) is 6.61 Å². The van der Waals surface area contributed by atoms with E-state index in [1.807, 2.05) is 0 Å². The average molecular weight is 288 g/mol. The zero-order valence-electron chi connectivity index (χ0n) is 11.6. The molecule has 1 aliphatic carbocycles. The maximum atomic E-state index is 12.3. The Hall–Kier alpha value is -0.420. The Kier molecular flexibility index (Phi) is 5.01. The Morgan fingerprint density at radius 2 is 2.11 bits per heavy atom. The Morgan fingerprint density at radius 3 is 2.74 bits per heavy atom. The van der Waals surface area contributed by atoms with Crippen LogP contribution < -0.4 is 0 Å². The van der Waals surface area contributed by atoms with Gasteiger partial charge in [-0.25, -0.2) is 0 Å². The number of aliphatic carboxylic acids is 1. The molecule has 2 rings (SSSR count). The summed E-state index contributed by atoms with van der Waals surface area (Å²) in [7, 11) is -1.05. The topological polar surface area (TPSA) is 63.6 Å². The molecule has 0 amide bonds. The van der Waals surface area contributed by atoms with Gasteiger partial charge in [0.05, 0.1) is 11.5 Å². The summed E-state index contributed by atoms with van der Waals surface area (Å²) < 4.78 is 18.3. The Balaban J connectivity index is 1.93. The van der Waals surface area contributed by atoms with Crippen molar-refractivity contribution in [1.29, 1.82) is 0 Å². The SMILES string of the molecule is CC(CS(=O)C1CCOC2(CCCCC2)C1)C(=O)O. The molecule has 1 N–H and O–H groups in total. The van der Waals surface area contributed by atoms with Gasteiger partial charge in [0.25, 0.3) is 0 Å². The van der Waals surface area contributed by atoms with E-state index in [4.69, 9.17) is 9.84 Å². The van der Waals surface area contributed by atoms with Crippen LogP contribution in [0.5, 0.6) is 0 Å². The fraction of sp³-hybridized carbons (Fsp3) is 0.929. The van der Waals surface area contributed by atoms with Crippen molar-refractivity contribution < 1.29 is 18.8 Å². The van der Waals surface area contributed by atoms with Crippen LogP contribution in [0.2, 0.25) is 0 Å². The Bertz CT molecular complexity index is 344. The number of carboxylic acids is 1. The van der Waals surface area contributed by atoms with Crippen LogP contribution in [-0.2, 0) is 20.3 Å². The second kappa shape index (κ2) is 6.35. The molecule has 1 saturated heterocycles. The van der Waals surface area contributed by atoms with Gasteiger partial charge in [-0.05, 0) is 25.7 Å². The lowest BCUT2D eigenvalue weighted by atomic mass is 9.80. The Morgan fingerprint density at radius 1 is 1.42 bits per heavy atom. The second-order valence-corrected chi connectivity index (χ2v) is 7.76. The summed E-state index contributed by atoms with van der Waals surface area (Å²) in [6.45, 7) is 2.31. The van der Waals surface area contributed by atoms with E-state index < -0.39 is 22.7 Å². The molecule has 0 radical (unpaired) electrons. The third-order valence-corrected chi connectivity index (χ3v) is 6.39. The highest BCUT2D eigenvalue weighted by Gasteiger charge is 2.40. The molecule has 110 valence electrons. The number of carbonyl (C=O) groups is 1. The highest BCUT2D eigenvalue weighted by molar-refractivity contribution is 7.85. The first kappa shape index (κ1) is 15.0. The van der Waals surface area contributed by atoms with Gasteiger partial charge >= 0.3 is 5.97 Å². The van der Waals surface area contributed by atoms with Gasteiger partial charge in [-0.15, -0.1) is 0 Å². The molecular weight excluding hydrogens is 264 g/mol. The molecular formula is C14H24O4S. The summed E-state index contributed by atoms with van der Waals surface area (Å²) in [6, 6.07) is 0. The van der Waals surface area contributed by atoms with Gasteiger partial charge in [0.2, 0.25) is 0 Å². The van der Waals surface area contributed by atoms with Gasteiger partial charge in [-0.1, -0.05) is 26.2 Å². The molecule has 1 spiro atoms. The van der Waals surface area contributed by atoms with Crippen LogP contribution in [0, 0.1) is 5.92 Å². The number of rotatable bonds is 4. The summed E-state index contributed by atoms with van der Waals surface area (Å²) in [5, 5.41) is 9.03. The lowest BCUT2D eigenvalue weighted by Gasteiger charge is -2.43. The van der Waals surface area contributed by atoms with Gasteiger partial charge in [0.15, 0.2) is 0 Å². The molecule has 5 heteroatoms. The summed E-state index contributed by atoms with van der Waals surface area (Å²) >= 11 is 0. The fourth-order valence-electron chi connectivity index (χ4n) is 3.21. The van der Waals surface area contributed by atoms with Gasteiger partial charge in [0.1, 0.15) is 0 Å². The van der Waals surface area contributed by atoms with Crippen molar-refractivity contribution in [3.8, 4) is 0 Å². The molecule has 0 bridgehead atoms. The molecule has 1 heterocycles. The molecule has 3 unspecified atom stereocenters. The summed E-state index contributed by atoms with van der Waals surface area (Å²) in [5.41, 5.74) is -0.0523. The molecule has 1 saturated carbocycles. The normalized spacial score (nSPS) is 29.8. The predicted octanol–water partition coefficient (Wildman–Crippen LogP) is 2.34. The summed E-state index contributed by atoms with van der Waals surface area (Å²) in [5.74, 6) is -1.10. The minimum absolute atomic E-state index is 0.0523. The highest BCUT2D eigenvalue weighted by Crippen LogP contribution is 2.39. The molecule has 1 aliphatic heterocycles. The number of hydrogen-bond donors (Lipinski definition) is 1. The van der Waals surface area contributed by atoms with Crippen molar-refractivity contribution in [3.63, 3.8) is 0 Å². The van der Waals surface area contributed by atoms with Crippen LogP contribution in [0.3, 0.4) is 0 Å². The van der Waals surface area contributed by atoms with Crippen LogP contribution in [0.15, 0.2) is 0 Å². The van der Waals surface area contributed by atoms with Crippen LogP contribution in [-0.4, -0.2) is 38.5 Å². The molecule has 0 aromatic rings. The molecule has 2 fully saturated rings. The zero-order valence-corrected chi connectivity index (χ0v) is 12.4. The van der Waals surface area contributed by atoms with Crippen LogP contribution >= 0.6 is 0 Å². The van der Waals surface area contributed by atoms with Crippen molar-refractivity contribution in [3.05, 3.63) is 0 Å². The largest absolute Gasteiger partial charge is 0.481 e. The summed E-state index contributed by atoms with van der Waals surface area (Å²) in [6.07, 6.45) is 7.49. The highest BCUT2D eigenvalue weighted by atomic mass is 32.2. The predicted molar refractivity (Wildman–Crippen MR) is 74.6 cm³/mol. The smallest absolute Gasteiger partial charge is 0.307 e. The fourth-order valence-corrected chi connectivity index (χ4v) is 4.96. The van der Waals surface area contributed by atoms with E-state index in [-0.39, 0.29) is 16.6 Å². The van der Waals surface area contributed by atoms with Gasteiger partial charge in [-0.3, -0.25) is 9.00 Å². The third kappa shape index (κ3) is 3.78. The standard InChI is InChI=1S/C14H24O4S/c1-11(13(15)16)10-19(17)12-5-8-18-14(9-12)6-3-2-4-7-14/h11-12H,2-10H2,1H3,(H,15,16). The quantitative estimate of drug-likeness (QED) is 0.862. The Labute approximate surface area is 117 Å². The van der Waals surface area contributed by atoms with Gasteiger partial charge in [0, 0.05) is 28.4 Å². The van der Waals surface area contributed by atoms with E-state index in [1.165, 1.54) is 19.3 Å². The van der Waals surface area contributed by atoms with E-state index in [1.54, 1.807) is 6.92 Å².